The predicted molar refractivity (Wildman–Crippen MR) is 92.0 cm³/mol. The first-order chi connectivity index (χ1) is 12.2. The highest BCUT2D eigenvalue weighted by molar-refractivity contribution is 5.94. The number of hydrogen-bond donors (Lipinski definition) is 0. The van der Waals surface area contributed by atoms with Gasteiger partial charge in [-0.25, -0.2) is 0 Å². The summed E-state index contributed by atoms with van der Waals surface area (Å²) in [6.07, 6.45) is 8.59. The highest BCUT2D eigenvalue weighted by Gasteiger charge is 2.46. The number of carbonyl (C=O) groups is 2. The van der Waals surface area contributed by atoms with Crippen molar-refractivity contribution in [3.63, 3.8) is 0 Å². The Morgan fingerprint density at radius 2 is 1.68 bits per heavy atom. The van der Waals surface area contributed by atoms with Crippen molar-refractivity contribution in [2.45, 2.75) is 50.2 Å². The van der Waals surface area contributed by atoms with E-state index in [0.29, 0.717) is 18.7 Å². The standard InChI is InChI=1S/C19H25N3O3/c23-17(15-4-9-20-10-5-15)22-13-7-19(8-14-22)6-3-16(25-19)18(24)21-11-1-2-12-21/h4-5,9-10,16H,1-3,6-8,11-14H2/t16-/m1/s1. The van der Waals surface area contributed by atoms with Crippen molar-refractivity contribution in [2.75, 3.05) is 26.2 Å². The van der Waals surface area contributed by atoms with E-state index in [0.717, 1.165) is 51.6 Å². The van der Waals surface area contributed by atoms with Gasteiger partial charge in [0, 0.05) is 44.1 Å². The molecule has 0 aromatic carbocycles. The topological polar surface area (TPSA) is 62.7 Å². The highest BCUT2D eigenvalue weighted by Crippen LogP contribution is 2.39. The summed E-state index contributed by atoms with van der Waals surface area (Å²) < 4.78 is 6.26. The Morgan fingerprint density at radius 1 is 1.00 bits per heavy atom. The zero-order valence-corrected chi connectivity index (χ0v) is 14.5. The number of aromatic nitrogens is 1. The second-order valence-corrected chi connectivity index (χ2v) is 7.39. The van der Waals surface area contributed by atoms with Crippen molar-refractivity contribution in [2.24, 2.45) is 0 Å². The van der Waals surface area contributed by atoms with Gasteiger partial charge in [-0.3, -0.25) is 14.6 Å². The van der Waals surface area contributed by atoms with Gasteiger partial charge in [-0.15, -0.1) is 0 Å². The Bertz CT molecular complexity index is 635. The molecule has 0 bridgehead atoms. The van der Waals surface area contributed by atoms with Gasteiger partial charge in [0.05, 0.1) is 5.60 Å². The number of ether oxygens (including phenoxy) is 1. The lowest BCUT2D eigenvalue weighted by atomic mass is 9.88. The van der Waals surface area contributed by atoms with Gasteiger partial charge >= 0.3 is 0 Å². The Morgan fingerprint density at radius 3 is 2.36 bits per heavy atom. The fourth-order valence-corrected chi connectivity index (χ4v) is 4.29. The van der Waals surface area contributed by atoms with Gasteiger partial charge in [0.25, 0.3) is 11.8 Å². The first kappa shape index (κ1) is 16.5. The summed E-state index contributed by atoms with van der Waals surface area (Å²) in [7, 11) is 0. The number of pyridine rings is 1. The SMILES string of the molecule is O=C(c1ccncc1)N1CCC2(CC[C@H](C(=O)N3CCCC3)O2)CC1. The predicted octanol–water partition coefficient (Wildman–Crippen LogP) is 1.86. The number of hydrogen-bond acceptors (Lipinski definition) is 4. The minimum absolute atomic E-state index is 0.0555. The third-order valence-corrected chi connectivity index (χ3v) is 5.84. The first-order valence-corrected chi connectivity index (χ1v) is 9.33. The monoisotopic (exact) mass is 343 g/mol. The van der Waals surface area contributed by atoms with E-state index < -0.39 is 0 Å². The molecule has 0 saturated carbocycles. The zero-order chi connectivity index (χ0) is 17.3. The summed E-state index contributed by atoms with van der Waals surface area (Å²) in [4.78, 5) is 32.9. The molecule has 1 spiro atoms. The van der Waals surface area contributed by atoms with E-state index in [-0.39, 0.29) is 23.5 Å². The Kier molecular flexibility index (Phi) is 4.46. The molecule has 3 saturated heterocycles. The van der Waals surface area contributed by atoms with Crippen LogP contribution in [0, 0.1) is 0 Å². The number of piperidine rings is 1. The van der Waals surface area contributed by atoms with Crippen molar-refractivity contribution < 1.29 is 14.3 Å². The van der Waals surface area contributed by atoms with Gasteiger partial charge in [-0.2, -0.15) is 0 Å². The molecule has 1 aromatic heterocycles. The van der Waals surface area contributed by atoms with Gasteiger partial charge in [0.15, 0.2) is 0 Å². The summed E-state index contributed by atoms with van der Waals surface area (Å²) in [5.74, 6) is 0.226. The van der Waals surface area contributed by atoms with Crippen LogP contribution in [0.2, 0.25) is 0 Å². The smallest absolute Gasteiger partial charge is 0.253 e. The van der Waals surface area contributed by atoms with Crippen molar-refractivity contribution in [3.8, 4) is 0 Å². The highest BCUT2D eigenvalue weighted by atomic mass is 16.5. The van der Waals surface area contributed by atoms with Gasteiger partial charge < -0.3 is 14.5 Å². The molecule has 3 aliphatic rings. The van der Waals surface area contributed by atoms with Crippen LogP contribution in [0.3, 0.4) is 0 Å². The number of nitrogens with zero attached hydrogens (tertiary/aromatic N) is 3. The number of amides is 2. The molecule has 0 N–H and O–H groups in total. The fraction of sp³-hybridized carbons (Fsp3) is 0.632. The molecule has 3 aliphatic heterocycles. The third kappa shape index (κ3) is 3.27. The molecule has 4 heterocycles. The van der Waals surface area contributed by atoms with E-state index in [1.54, 1.807) is 24.5 Å². The number of likely N-dealkylation sites (tertiary alicyclic amines) is 2. The van der Waals surface area contributed by atoms with Crippen molar-refractivity contribution in [1.82, 2.24) is 14.8 Å². The molecular weight excluding hydrogens is 318 g/mol. The van der Waals surface area contributed by atoms with Gasteiger partial charge in [-0.05, 0) is 50.7 Å². The molecule has 134 valence electrons. The van der Waals surface area contributed by atoms with Crippen molar-refractivity contribution in [1.29, 1.82) is 0 Å². The van der Waals surface area contributed by atoms with E-state index in [2.05, 4.69) is 4.98 Å². The molecule has 4 rings (SSSR count). The van der Waals surface area contributed by atoms with Gasteiger partial charge in [-0.1, -0.05) is 0 Å². The summed E-state index contributed by atoms with van der Waals surface area (Å²) >= 11 is 0. The first-order valence-electron chi connectivity index (χ1n) is 9.33. The van der Waals surface area contributed by atoms with E-state index >= 15 is 0 Å². The maximum Gasteiger partial charge on any atom is 0.253 e. The molecular formula is C19H25N3O3. The van der Waals surface area contributed by atoms with Crippen LogP contribution in [0.5, 0.6) is 0 Å². The second kappa shape index (κ2) is 6.75. The van der Waals surface area contributed by atoms with Crippen molar-refractivity contribution >= 4 is 11.8 Å². The van der Waals surface area contributed by atoms with Crippen molar-refractivity contribution in [3.05, 3.63) is 30.1 Å². The molecule has 0 unspecified atom stereocenters. The van der Waals surface area contributed by atoms with Crippen LogP contribution in [0.15, 0.2) is 24.5 Å². The van der Waals surface area contributed by atoms with Crippen LogP contribution < -0.4 is 0 Å². The maximum absolute atomic E-state index is 12.6. The second-order valence-electron chi connectivity index (χ2n) is 7.39. The normalized spacial score (nSPS) is 25.5. The van der Waals surface area contributed by atoms with E-state index in [9.17, 15) is 9.59 Å². The van der Waals surface area contributed by atoms with Gasteiger partial charge in [0.1, 0.15) is 6.10 Å². The average molecular weight is 343 g/mol. The lowest BCUT2D eigenvalue weighted by molar-refractivity contribution is -0.149. The molecule has 1 atom stereocenters. The summed E-state index contributed by atoms with van der Waals surface area (Å²) in [5.41, 5.74) is 0.468. The lowest BCUT2D eigenvalue weighted by Gasteiger charge is -2.39. The van der Waals surface area contributed by atoms with Gasteiger partial charge in [0.2, 0.25) is 0 Å². The molecule has 3 fully saturated rings. The van der Waals surface area contributed by atoms with Crippen LogP contribution in [0.4, 0.5) is 0 Å². The van der Waals surface area contributed by atoms with E-state index in [4.69, 9.17) is 4.74 Å². The summed E-state index contributed by atoms with van der Waals surface area (Å²) in [6.45, 7) is 3.12. The Hall–Kier alpha value is -1.95. The van der Waals surface area contributed by atoms with Crippen LogP contribution in [0.1, 0.15) is 48.9 Å². The average Bonchev–Trinajstić information content (AvgIpc) is 3.33. The number of carbonyl (C=O) groups excluding carboxylic acids is 2. The molecule has 6 nitrogen and oxygen atoms in total. The Balaban J connectivity index is 1.34. The van der Waals surface area contributed by atoms with E-state index in [1.807, 2.05) is 9.80 Å². The molecule has 0 aliphatic carbocycles. The van der Waals surface area contributed by atoms with Crippen LogP contribution in [-0.2, 0) is 9.53 Å². The number of rotatable bonds is 2. The quantitative estimate of drug-likeness (QED) is 0.822. The summed E-state index contributed by atoms with van der Waals surface area (Å²) in [5, 5.41) is 0. The molecule has 1 aromatic rings. The van der Waals surface area contributed by atoms with E-state index in [1.165, 1.54) is 0 Å². The Labute approximate surface area is 148 Å². The van der Waals surface area contributed by atoms with Crippen LogP contribution >= 0.6 is 0 Å². The molecule has 6 heteroatoms. The maximum atomic E-state index is 12.6. The minimum atomic E-state index is -0.277. The van der Waals surface area contributed by atoms with Crippen LogP contribution in [0.25, 0.3) is 0 Å². The molecule has 2 amide bonds. The minimum Gasteiger partial charge on any atom is -0.362 e. The third-order valence-electron chi connectivity index (χ3n) is 5.84. The fourth-order valence-electron chi connectivity index (χ4n) is 4.29. The molecule has 0 radical (unpaired) electrons. The molecule has 25 heavy (non-hydrogen) atoms. The summed E-state index contributed by atoms with van der Waals surface area (Å²) in [6, 6.07) is 3.51. The van der Waals surface area contributed by atoms with Crippen LogP contribution in [-0.4, -0.2) is 64.5 Å². The largest absolute Gasteiger partial charge is 0.362 e. The zero-order valence-electron chi connectivity index (χ0n) is 14.5. The lowest BCUT2D eigenvalue weighted by Crippen LogP contribution is -2.47.